The summed E-state index contributed by atoms with van der Waals surface area (Å²) in [5.41, 5.74) is 2.79. The molecule has 0 aliphatic carbocycles. The second kappa shape index (κ2) is 10.0. The molecule has 0 saturated carbocycles. The maximum absolute atomic E-state index is 13.0. The van der Waals surface area contributed by atoms with Gasteiger partial charge in [-0.1, -0.05) is 23.7 Å². The molecule has 0 unspecified atom stereocenters. The Hall–Kier alpha value is -3.72. The molecule has 1 N–H and O–H groups in total. The number of fused-ring (bicyclic) bond motifs is 1. The van der Waals surface area contributed by atoms with Crippen LogP contribution in [-0.4, -0.2) is 60.9 Å². The van der Waals surface area contributed by atoms with Crippen molar-refractivity contribution in [1.29, 1.82) is 0 Å². The van der Waals surface area contributed by atoms with Crippen molar-refractivity contribution in [3.63, 3.8) is 0 Å². The zero-order chi connectivity index (χ0) is 24.2. The van der Waals surface area contributed by atoms with Crippen LogP contribution in [0.4, 0.5) is 0 Å². The molecular weight excluding hydrogens is 460 g/mol. The number of rotatable bonds is 8. The zero-order valence-electron chi connectivity index (χ0n) is 19.1. The Balaban J connectivity index is 1.40. The Morgan fingerprint density at radius 1 is 1.03 bits per heavy atom. The third kappa shape index (κ3) is 4.79. The molecule has 1 aromatic heterocycles. The van der Waals surface area contributed by atoms with Gasteiger partial charge in [0.1, 0.15) is 5.69 Å². The van der Waals surface area contributed by atoms with Gasteiger partial charge in [0, 0.05) is 23.7 Å². The molecule has 3 aromatic rings. The number of carbonyl (C=O) groups is 2. The van der Waals surface area contributed by atoms with Crippen molar-refractivity contribution in [1.82, 2.24) is 20.0 Å². The maximum Gasteiger partial charge on any atom is 0.272 e. The number of hydrogen-bond donors (Lipinski definition) is 1. The first-order chi connectivity index (χ1) is 16.4. The molecule has 10 heteroatoms. The van der Waals surface area contributed by atoms with Crippen LogP contribution in [-0.2, 0) is 17.9 Å². The monoisotopic (exact) mass is 484 g/mol. The molecule has 2 amide bonds. The number of nitrogens with one attached hydrogen (secondary N) is 1. The van der Waals surface area contributed by atoms with Crippen LogP contribution in [0.25, 0.3) is 11.3 Å². The number of halogens is 1. The van der Waals surface area contributed by atoms with E-state index in [-0.39, 0.29) is 24.9 Å². The molecule has 34 heavy (non-hydrogen) atoms. The summed E-state index contributed by atoms with van der Waals surface area (Å²) in [4.78, 5) is 27.1. The fraction of sp³-hybridized carbons (Fsp3) is 0.292. The number of nitrogens with zero attached hydrogens (tertiary/aromatic N) is 3. The van der Waals surface area contributed by atoms with Gasteiger partial charge in [0.25, 0.3) is 5.91 Å². The molecule has 0 spiro atoms. The summed E-state index contributed by atoms with van der Waals surface area (Å²) >= 11 is 5.96. The summed E-state index contributed by atoms with van der Waals surface area (Å²) < 4.78 is 17.7. The standard InChI is InChI=1S/C24H25ClN4O5/c1-32-20-10-15(11-21(33-2)23(20)34-3)13-26-22(30)14-28-8-9-29-19(24(28)31)12-18(27-29)16-4-6-17(25)7-5-16/h4-7,10-12H,8-9,13-14H2,1-3H3,(H,26,30). The van der Waals surface area contributed by atoms with Gasteiger partial charge in [-0.15, -0.1) is 0 Å². The van der Waals surface area contributed by atoms with Crippen molar-refractivity contribution >= 4 is 23.4 Å². The van der Waals surface area contributed by atoms with Gasteiger partial charge >= 0.3 is 0 Å². The highest BCUT2D eigenvalue weighted by molar-refractivity contribution is 6.30. The van der Waals surface area contributed by atoms with E-state index in [9.17, 15) is 9.59 Å². The van der Waals surface area contributed by atoms with E-state index < -0.39 is 0 Å². The number of amides is 2. The number of carbonyl (C=O) groups excluding carboxylic acids is 2. The minimum absolute atomic E-state index is 0.0509. The van der Waals surface area contributed by atoms with E-state index in [1.54, 1.807) is 35.0 Å². The normalized spacial score (nSPS) is 12.8. The summed E-state index contributed by atoms with van der Waals surface area (Å²) in [6, 6.07) is 12.6. The van der Waals surface area contributed by atoms with Crippen molar-refractivity contribution in [2.24, 2.45) is 0 Å². The van der Waals surface area contributed by atoms with Gasteiger partial charge in [0.15, 0.2) is 11.5 Å². The van der Waals surface area contributed by atoms with Crippen LogP contribution in [0.15, 0.2) is 42.5 Å². The van der Waals surface area contributed by atoms with Gasteiger partial charge in [0.05, 0.1) is 40.1 Å². The minimum atomic E-state index is -0.270. The van der Waals surface area contributed by atoms with Crippen LogP contribution >= 0.6 is 11.6 Å². The van der Waals surface area contributed by atoms with Gasteiger partial charge in [-0.25, -0.2) is 0 Å². The Labute approximate surface area is 202 Å². The van der Waals surface area contributed by atoms with Gasteiger partial charge in [-0.05, 0) is 35.9 Å². The third-order valence-electron chi connectivity index (χ3n) is 5.56. The number of methoxy groups -OCH3 is 3. The smallest absolute Gasteiger partial charge is 0.272 e. The van der Waals surface area contributed by atoms with Crippen LogP contribution in [0.3, 0.4) is 0 Å². The fourth-order valence-electron chi connectivity index (χ4n) is 3.82. The fourth-order valence-corrected chi connectivity index (χ4v) is 3.94. The Morgan fingerprint density at radius 2 is 1.71 bits per heavy atom. The highest BCUT2D eigenvalue weighted by Gasteiger charge is 2.28. The van der Waals surface area contributed by atoms with Crippen LogP contribution in [0, 0.1) is 0 Å². The quantitative estimate of drug-likeness (QED) is 0.528. The van der Waals surface area contributed by atoms with Crippen LogP contribution in [0.1, 0.15) is 16.1 Å². The van der Waals surface area contributed by atoms with E-state index in [0.717, 1.165) is 11.1 Å². The number of aromatic nitrogens is 2. The summed E-state index contributed by atoms with van der Waals surface area (Å²) in [5.74, 6) is 0.979. The first-order valence-corrected chi connectivity index (χ1v) is 11.0. The van der Waals surface area contributed by atoms with E-state index in [1.807, 2.05) is 12.1 Å². The molecule has 2 aromatic carbocycles. The lowest BCUT2D eigenvalue weighted by Crippen LogP contribution is -2.45. The molecule has 0 atom stereocenters. The van der Waals surface area contributed by atoms with Gasteiger partial charge in [-0.2, -0.15) is 5.10 Å². The molecule has 9 nitrogen and oxygen atoms in total. The van der Waals surface area contributed by atoms with Crippen molar-refractivity contribution in [3.05, 3.63) is 58.7 Å². The van der Waals surface area contributed by atoms with E-state index in [1.165, 1.54) is 26.2 Å². The highest BCUT2D eigenvalue weighted by atomic mass is 35.5. The molecule has 0 saturated heterocycles. The molecule has 1 aliphatic heterocycles. The second-order valence-corrected chi connectivity index (χ2v) is 8.12. The van der Waals surface area contributed by atoms with Crippen molar-refractivity contribution < 1.29 is 23.8 Å². The number of hydrogen-bond acceptors (Lipinski definition) is 6. The van der Waals surface area contributed by atoms with Crippen molar-refractivity contribution in [3.8, 4) is 28.5 Å². The second-order valence-electron chi connectivity index (χ2n) is 7.68. The largest absolute Gasteiger partial charge is 0.493 e. The molecule has 0 bridgehead atoms. The first kappa shape index (κ1) is 23.4. The molecule has 1 aliphatic rings. The number of ether oxygens (including phenoxy) is 3. The Bertz CT molecular complexity index is 1180. The van der Waals surface area contributed by atoms with Gasteiger partial charge in [-0.3, -0.25) is 14.3 Å². The molecule has 4 rings (SSSR count). The van der Waals surface area contributed by atoms with Crippen LogP contribution < -0.4 is 19.5 Å². The van der Waals surface area contributed by atoms with E-state index in [4.69, 9.17) is 25.8 Å². The third-order valence-corrected chi connectivity index (χ3v) is 5.81. The average molecular weight is 485 g/mol. The molecule has 0 radical (unpaired) electrons. The minimum Gasteiger partial charge on any atom is -0.493 e. The SMILES string of the molecule is COc1cc(CNC(=O)CN2CCn3nc(-c4ccc(Cl)cc4)cc3C2=O)cc(OC)c1OC. The molecule has 178 valence electrons. The first-order valence-electron chi connectivity index (χ1n) is 10.6. The lowest BCUT2D eigenvalue weighted by molar-refractivity contribution is -0.122. The number of benzene rings is 2. The van der Waals surface area contributed by atoms with E-state index in [0.29, 0.717) is 46.7 Å². The van der Waals surface area contributed by atoms with Crippen LogP contribution in [0.5, 0.6) is 17.2 Å². The maximum atomic E-state index is 13.0. The van der Waals surface area contributed by atoms with E-state index >= 15 is 0 Å². The molecule has 2 heterocycles. The topological polar surface area (TPSA) is 94.9 Å². The van der Waals surface area contributed by atoms with Crippen LogP contribution in [0.2, 0.25) is 5.02 Å². The summed E-state index contributed by atoms with van der Waals surface area (Å²) in [5, 5.41) is 8.01. The summed E-state index contributed by atoms with van der Waals surface area (Å²) in [6.45, 7) is 1.10. The Morgan fingerprint density at radius 3 is 2.32 bits per heavy atom. The predicted octanol–water partition coefficient (Wildman–Crippen LogP) is 3.00. The summed E-state index contributed by atoms with van der Waals surface area (Å²) in [7, 11) is 4.59. The van der Waals surface area contributed by atoms with Gasteiger partial charge < -0.3 is 24.4 Å². The van der Waals surface area contributed by atoms with E-state index in [2.05, 4.69) is 10.4 Å². The zero-order valence-corrected chi connectivity index (χ0v) is 19.9. The van der Waals surface area contributed by atoms with Crippen molar-refractivity contribution in [2.75, 3.05) is 34.4 Å². The lowest BCUT2D eigenvalue weighted by Gasteiger charge is -2.26. The lowest BCUT2D eigenvalue weighted by atomic mass is 10.1. The van der Waals surface area contributed by atoms with Crippen molar-refractivity contribution in [2.45, 2.75) is 13.1 Å². The predicted molar refractivity (Wildman–Crippen MR) is 127 cm³/mol. The highest BCUT2D eigenvalue weighted by Crippen LogP contribution is 2.38. The summed E-state index contributed by atoms with van der Waals surface area (Å²) in [6.07, 6.45) is 0. The van der Waals surface area contributed by atoms with Gasteiger partial charge in [0.2, 0.25) is 11.7 Å². The molecule has 0 fully saturated rings. The molecular formula is C24H25ClN4O5. The average Bonchev–Trinajstić information content (AvgIpc) is 3.29. The Kier molecular flexibility index (Phi) is 6.93.